The topological polar surface area (TPSA) is 100 Å². The summed E-state index contributed by atoms with van der Waals surface area (Å²) in [5, 5.41) is 9.33. The minimum Gasteiger partial charge on any atom is -0.371 e. The Morgan fingerprint density at radius 1 is 1.18 bits per heavy atom. The SMILES string of the molecule is CNc1nc(Nc2cccc(CN3CCC(F)CC3)c2)nc2c1ncn2C(=O)NC1CCC1. The molecule has 2 aromatic heterocycles. The zero-order chi connectivity index (χ0) is 22.8. The summed E-state index contributed by atoms with van der Waals surface area (Å²) in [4.78, 5) is 28.5. The van der Waals surface area contributed by atoms with Crippen molar-refractivity contribution < 1.29 is 9.18 Å². The van der Waals surface area contributed by atoms with Crippen molar-refractivity contribution in [2.24, 2.45) is 0 Å². The van der Waals surface area contributed by atoms with Crippen molar-refractivity contribution in [3.63, 3.8) is 0 Å². The van der Waals surface area contributed by atoms with E-state index in [0.29, 0.717) is 35.8 Å². The van der Waals surface area contributed by atoms with Gasteiger partial charge in [0.1, 0.15) is 12.5 Å². The molecule has 2 fully saturated rings. The molecule has 1 aliphatic carbocycles. The number of hydrogen-bond donors (Lipinski definition) is 3. The van der Waals surface area contributed by atoms with Gasteiger partial charge in [-0.25, -0.2) is 18.7 Å². The average molecular weight is 453 g/mol. The molecular weight excluding hydrogens is 423 g/mol. The molecule has 0 bridgehead atoms. The molecule has 2 aliphatic rings. The van der Waals surface area contributed by atoms with Gasteiger partial charge in [0.05, 0.1) is 0 Å². The predicted octanol–water partition coefficient (Wildman–Crippen LogP) is 3.66. The lowest BCUT2D eigenvalue weighted by molar-refractivity contribution is 0.145. The normalized spacial score (nSPS) is 17.6. The number of amides is 1. The third-order valence-electron chi connectivity index (χ3n) is 6.39. The van der Waals surface area contributed by atoms with Gasteiger partial charge in [0.25, 0.3) is 0 Å². The Morgan fingerprint density at radius 2 is 2.00 bits per heavy atom. The van der Waals surface area contributed by atoms with Crippen LogP contribution in [0.25, 0.3) is 11.2 Å². The smallest absolute Gasteiger partial charge is 0.328 e. The van der Waals surface area contributed by atoms with E-state index >= 15 is 0 Å². The molecule has 0 atom stereocenters. The summed E-state index contributed by atoms with van der Waals surface area (Å²) in [6, 6.07) is 8.03. The maximum Gasteiger partial charge on any atom is 0.328 e. The highest BCUT2D eigenvalue weighted by Gasteiger charge is 2.23. The van der Waals surface area contributed by atoms with Crippen LogP contribution in [-0.4, -0.2) is 62.8 Å². The molecule has 10 heteroatoms. The van der Waals surface area contributed by atoms with Crippen molar-refractivity contribution in [2.75, 3.05) is 30.8 Å². The molecule has 3 aromatic rings. The number of fused-ring (bicyclic) bond motifs is 1. The number of carbonyl (C=O) groups is 1. The van der Waals surface area contributed by atoms with Crippen molar-refractivity contribution >= 4 is 34.6 Å². The molecule has 0 spiro atoms. The summed E-state index contributed by atoms with van der Waals surface area (Å²) in [7, 11) is 1.76. The third-order valence-corrected chi connectivity index (χ3v) is 6.39. The minimum atomic E-state index is -0.674. The summed E-state index contributed by atoms with van der Waals surface area (Å²) >= 11 is 0. The fraction of sp³-hybridized carbons (Fsp3) is 0.478. The highest BCUT2D eigenvalue weighted by molar-refractivity contribution is 5.92. The lowest BCUT2D eigenvalue weighted by Gasteiger charge is -2.28. The number of alkyl halides is 1. The molecule has 3 N–H and O–H groups in total. The lowest BCUT2D eigenvalue weighted by Crippen LogP contribution is -2.41. The number of aromatic nitrogens is 4. The van der Waals surface area contributed by atoms with Crippen molar-refractivity contribution in [1.29, 1.82) is 0 Å². The molecule has 9 nitrogen and oxygen atoms in total. The van der Waals surface area contributed by atoms with E-state index in [1.165, 1.54) is 10.9 Å². The van der Waals surface area contributed by atoms with Crippen LogP contribution in [0.5, 0.6) is 0 Å². The van der Waals surface area contributed by atoms with E-state index in [1.54, 1.807) is 7.05 Å². The van der Waals surface area contributed by atoms with E-state index in [4.69, 9.17) is 0 Å². The predicted molar refractivity (Wildman–Crippen MR) is 126 cm³/mol. The van der Waals surface area contributed by atoms with E-state index in [9.17, 15) is 9.18 Å². The zero-order valence-corrected chi connectivity index (χ0v) is 18.7. The van der Waals surface area contributed by atoms with Gasteiger partial charge in [0.15, 0.2) is 17.0 Å². The summed E-state index contributed by atoms with van der Waals surface area (Å²) in [6.45, 7) is 2.33. The molecule has 174 valence electrons. The largest absolute Gasteiger partial charge is 0.371 e. The maximum absolute atomic E-state index is 13.4. The molecule has 0 unspecified atom stereocenters. The zero-order valence-electron chi connectivity index (χ0n) is 18.7. The van der Waals surface area contributed by atoms with Gasteiger partial charge >= 0.3 is 6.03 Å². The number of hydrogen-bond acceptors (Lipinski definition) is 7. The number of carbonyl (C=O) groups excluding carboxylic acids is 1. The Labute approximate surface area is 191 Å². The fourth-order valence-electron chi connectivity index (χ4n) is 4.27. The van der Waals surface area contributed by atoms with Gasteiger partial charge in [0, 0.05) is 38.4 Å². The second kappa shape index (κ2) is 9.30. The standard InChI is InChI=1S/C23H29FN8O/c1-25-20-19-21(32(14-26-19)23(33)28-17-5-3-6-17)30-22(29-20)27-18-7-2-4-15(12-18)13-31-10-8-16(24)9-11-31/h2,4,7,12,14,16-17H,3,5-6,8-11,13H2,1H3,(H,28,33)(H2,25,27,29,30). The molecule has 3 heterocycles. The van der Waals surface area contributed by atoms with Crippen LogP contribution in [0.1, 0.15) is 37.7 Å². The summed E-state index contributed by atoms with van der Waals surface area (Å²) < 4.78 is 14.9. The van der Waals surface area contributed by atoms with Gasteiger partial charge in [-0.05, 0) is 49.8 Å². The van der Waals surface area contributed by atoms with Crippen LogP contribution in [0.15, 0.2) is 30.6 Å². The summed E-state index contributed by atoms with van der Waals surface area (Å²) in [6.07, 6.45) is 5.16. The number of imidazole rings is 1. The maximum atomic E-state index is 13.4. The highest BCUT2D eigenvalue weighted by Crippen LogP contribution is 2.24. The van der Waals surface area contributed by atoms with Crippen LogP contribution in [-0.2, 0) is 6.54 Å². The lowest BCUT2D eigenvalue weighted by atomic mass is 9.93. The van der Waals surface area contributed by atoms with Gasteiger partial charge in [-0.2, -0.15) is 9.97 Å². The quantitative estimate of drug-likeness (QED) is 0.525. The molecule has 1 aromatic carbocycles. The number of likely N-dealkylation sites (tertiary alicyclic amines) is 1. The summed E-state index contributed by atoms with van der Waals surface area (Å²) in [5.74, 6) is 0.920. The first-order valence-electron chi connectivity index (χ1n) is 11.5. The molecule has 33 heavy (non-hydrogen) atoms. The molecule has 1 aliphatic heterocycles. The van der Waals surface area contributed by atoms with Crippen molar-refractivity contribution in [1.82, 2.24) is 29.7 Å². The van der Waals surface area contributed by atoms with Crippen molar-refractivity contribution in [2.45, 2.75) is 50.9 Å². The van der Waals surface area contributed by atoms with Crippen LogP contribution in [0.2, 0.25) is 0 Å². The van der Waals surface area contributed by atoms with Crippen molar-refractivity contribution in [3.8, 4) is 0 Å². The molecular formula is C23H29FN8O. The van der Waals surface area contributed by atoms with Crippen LogP contribution in [0.3, 0.4) is 0 Å². The van der Waals surface area contributed by atoms with Gasteiger partial charge in [-0.1, -0.05) is 12.1 Å². The molecule has 1 saturated heterocycles. The highest BCUT2D eigenvalue weighted by atomic mass is 19.1. The molecule has 0 radical (unpaired) electrons. The number of piperidine rings is 1. The average Bonchev–Trinajstić information content (AvgIpc) is 3.21. The summed E-state index contributed by atoms with van der Waals surface area (Å²) in [5.41, 5.74) is 2.96. The number of nitrogens with one attached hydrogen (secondary N) is 3. The minimum absolute atomic E-state index is 0.219. The Morgan fingerprint density at radius 3 is 2.73 bits per heavy atom. The number of halogens is 1. The van der Waals surface area contributed by atoms with E-state index in [2.05, 4.69) is 47.9 Å². The first-order valence-corrected chi connectivity index (χ1v) is 11.5. The number of benzene rings is 1. The fourth-order valence-corrected chi connectivity index (χ4v) is 4.27. The first kappa shape index (κ1) is 21.6. The van der Waals surface area contributed by atoms with Crippen LogP contribution < -0.4 is 16.0 Å². The Kier molecular flexibility index (Phi) is 6.08. The number of nitrogens with zero attached hydrogens (tertiary/aromatic N) is 5. The van der Waals surface area contributed by atoms with Crippen LogP contribution in [0.4, 0.5) is 26.6 Å². The number of anilines is 3. The van der Waals surface area contributed by atoms with Gasteiger partial charge in [0.2, 0.25) is 5.95 Å². The van der Waals surface area contributed by atoms with E-state index in [-0.39, 0.29) is 12.1 Å². The van der Waals surface area contributed by atoms with Gasteiger partial charge in [-0.3, -0.25) is 4.90 Å². The van der Waals surface area contributed by atoms with Gasteiger partial charge in [-0.15, -0.1) is 0 Å². The van der Waals surface area contributed by atoms with E-state index < -0.39 is 6.17 Å². The third kappa shape index (κ3) is 4.75. The second-order valence-corrected chi connectivity index (χ2v) is 8.79. The molecule has 5 rings (SSSR count). The van der Waals surface area contributed by atoms with Crippen LogP contribution in [0, 0.1) is 0 Å². The molecule has 1 amide bonds. The number of rotatable bonds is 6. The second-order valence-electron chi connectivity index (χ2n) is 8.79. The van der Waals surface area contributed by atoms with E-state index in [1.807, 2.05) is 12.1 Å². The monoisotopic (exact) mass is 452 g/mol. The van der Waals surface area contributed by atoms with Gasteiger partial charge < -0.3 is 16.0 Å². The van der Waals surface area contributed by atoms with Crippen molar-refractivity contribution in [3.05, 3.63) is 36.2 Å². The Bertz CT molecular complexity index is 1140. The Balaban J connectivity index is 1.36. The van der Waals surface area contributed by atoms with E-state index in [0.717, 1.165) is 50.1 Å². The first-order chi connectivity index (χ1) is 16.1. The molecule has 1 saturated carbocycles. The van der Waals surface area contributed by atoms with Crippen LogP contribution >= 0.6 is 0 Å². The Hall–Kier alpha value is -3.27.